The number of benzene rings is 2. The molecular formula is C14H13ClS. The molecule has 2 aromatic carbocycles. The first-order valence-electron chi connectivity index (χ1n) is 5.30. The van der Waals surface area contributed by atoms with Crippen LogP contribution in [0, 0.1) is 0 Å². The Morgan fingerprint density at radius 3 is 2.44 bits per heavy atom. The predicted molar refractivity (Wildman–Crippen MR) is 71.4 cm³/mol. The molecule has 2 aromatic rings. The maximum atomic E-state index is 5.85. The van der Waals surface area contributed by atoms with Crippen molar-refractivity contribution in [3.8, 4) is 0 Å². The van der Waals surface area contributed by atoms with Gasteiger partial charge in [-0.1, -0.05) is 42.4 Å². The Labute approximate surface area is 106 Å². The second-order valence-corrected chi connectivity index (χ2v) is 5.14. The highest BCUT2D eigenvalue weighted by Crippen LogP contribution is 2.29. The quantitative estimate of drug-likeness (QED) is 0.732. The van der Waals surface area contributed by atoms with Gasteiger partial charge in [0.2, 0.25) is 0 Å². The Balaban J connectivity index is 2.16. The van der Waals surface area contributed by atoms with Crippen molar-refractivity contribution in [2.24, 2.45) is 0 Å². The number of hydrogen-bond acceptors (Lipinski definition) is 1. The van der Waals surface area contributed by atoms with Gasteiger partial charge in [0.25, 0.3) is 0 Å². The summed E-state index contributed by atoms with van der Waals surface area (Å²) in [7, 11) is 0. The van der Waals surface area contributed by atoms with Crippen molar-refractivity contribution in [2.75, 3.05) is 0 Å². The lowest BCUT2D eigenvalue weighted by molar-refractivity contribution is 1.12. The van der Waals surface area contributed by atoms with Crippen LogP contribution in [-0.2, 0) is 6.42 Å². The maximum Gasteiger partial charge on any atom is 0.0406 e. The van der Waals surface area contributed by atoms with Crippen LogP contribution in [-0.4, -0.2) is 0 Å². The Morgan fingerprint density at radius 2 is 1.75 bits per heavy atom. The minimum Gasteiger partial charge on any atom is -0.0901 e. The van der Waals surface area contributed by atoms with Crippen LogP contribution in [0.1, 0.15) is 12.5 Å². The molecule has 0 aliphatic rings. The van der Waals surface area contributed by atoms with E-state index in [1.807, 2.05) is 24.3 Å². The van der Waals surface area contributed by atoms with E-state index < -0.39 is 0 Å². The van der Waals surface area contributed by atoms with E-state index in [0.717, 1.165) is 11.4 Å². The van der Waals surface area contributed by atoms with Crippen molar-refractivity contribution < 1.29 is 0 Å². The molecule has 82 valence electrons. The lowest BCUT2D eigenvalue weighted by atomic mass is 10.2. The smallest absolute Gasteiger partial charge is 0.0406 e. The van der Waals surface area contributed by atoms with Crippen LogP contribution in [0.25, 0.3) is 0 Å². The monoisotopic (exact) mass is 248 g/mol. The molecule has 16 heavy (non-hydrogen) atoms. The molecule has 0 atom stereocenters. The normalized spacial score (nSPS) is 10.4. The molecule has 2 heteroatoms. The SMILES string of the molecule is CCc1cccc(Sc2ccc(Cl)cc2)c1. The predicted octanol–water partition coefficient (Wildman–Crippen LogP) is 5.05. The van der Waals surface area contributed by atoms with Gasteiger partial charge >= 0.3 is 0 Å². The molecule has 0 spiro atoms. The van der Waals surface area contributed by atoms with Crippen molar-refractivity contribution in [3.05, 3.63) is 59.1 Å². The van der Waals surface area contributed by atoms with Crippen LogP contribution < -0.4 is 0 Å². The van der Waals surface area contributed by atoms with Gasteiger partial charge in [-0.3, -0.25) is 0 Å². The van der Waals surface area contributed by atoms with Crippen molar-refractivity contribution in [1.29, 1.82) is 0 Å². The van der Waals surface area contributed by atoms with Crippen molar-refractivity contribution in [1.82, 2.24) is 0 Å². The number of rotatable bonds is 3. The molecule has 0 nitrogen and oxygen atoms in total. The van der Waals surface area contributed by atoms with E-state index in [1.54, 1.807) is 11.8 Å². The molecule has 0 saturated carbocycles. The average molecular weight is 249 g/mol. The van der Waals surface area contributed by atoms with Crippen LogP contribution >= 0.6 is 23.4 Å². The van der Waals surface area contributed by atoms with E-state index in [2.05, 4.69) is 31.2 Å². The third-order valence-corrected chi connectivity index (χ3v) is 3.61. The Kier molecular flexibility index (Phi) is 3.92. The highest BCUT2D eigenvalue weighted by molar-refractivity contribution is 7.99. The van der Waals surface area contributed by atoms with Gasteiger partial charge in [-0.25, -0.2) is 0 Å². The van der Waals surface area contributed by atoms with Gasteiger partial charge in [0.1, 0.15) is 0 Å². The molecular weight excluding hydrogens is 236 g/mol. The van der Waals surface area contributed by atoms with Gasteiger partial charge in [-0.05, 0) is 48.4 Å². The zero-order valence-electron chi connectivity index (χ0n) is 9.11. The summed E-state index contributed by atoms with van der Waals surface area (Å²) < 4.78 is 0. The van der Waals surface area contributed by atoms with Crippen LogP contribution in [0.3, 0.4) is 0 Å². The summed E-state index contributed by atoms with van der Waals surface area (Å²) in [5.41, 5.74) is 1.37. The highest BCUT2D eigenvalue weighted by Gasteiger charge is 1.98. The van der Waals surface area contributed by atoms with Gasteiger partial charge in [0, 0.05) is 14.8 Å². The van der Waals surface area contributed by atoms with Crippen molar-refractivity contribution >= 4 is 23.4 Å². The molecule has 0 fully saturated rings. The van der Waals surface area contributed by atoms with Gasteiger partial charge in [0.15, 0.2) is 0 Å². The highest BCUT2D eigenvalue weighted by atomic mass is 35.5. The number of aryl methyl sites for hydroxylation is 1. The summed E-state index contributed by atoms with van der Waals surface area (Å²) in [5, 5.41) is 0.784. The average Bonchev–Trinajstić information content (AvgIpc) is 2.32. The minimum atomic E-state index is 0.784. The molecule has 0 saturated heterocycles. The molecule has 0 heterocycles. The number of hydrogen-bond donors (Lipinski definition) is 0. The van der Waals surface area contributed by atoms with Crippen LogP contribution in [0.2, 0.25) is 5.02 Å². The van der Waals surface area contributed by atoms with E-state index in [0.29, 0.717) is 0 Å². The second-order valence-electron chi connectivity index (χ2n) is 3.56. The Morgan fingerprint density at radius 1 is 1.00 bits per heavy atom. The summed E-state index contributed by atoms with van der Waals surface area (Å²) in [6, 6.07) is 16.6. The summed E-state index contributed by atoms with van der Waals surface area (Å²) in [4.78, 5) is 2.50. The fraction of sp³-hybridized carbons (Fsp3) is 0.143. The molecule has 2 rings (SSSR count). The zero-order valence-corrected chi connectivity index (χ0v) is 10.7. The molecule has 0 N–H and O–H groups in total. The topological polar surface area (TPSA) is 0 Å². The molecule has 0 bridgehead atoms. The second kappa shape index (κ2) is 5.42. The first kappa shape index (κ1) is 11.6. The standard InChI is InChI=1S/C14H13ClS/c1-2-11-4-3-5-14(10-11)16-13-8-6-12(15)7-9-13/h3-10H,2H2,1H3. The van der Waals surface area contributed by atoms with Gasteiger partial charge in [0.05, 0.1) is 0 Å². The van der Waals surface area contributed by atoms with Crippen LogP contribution in [0.4, 0.5) is 0 Å². The fourth-order valence-corrected chi connectivity index (χ4v) is 2.49. The van der Waals surface area contributed by atoms with E-state index in [9.17, 15) is 0 Å². The lowest BCUT2D eigenvalue weighted by Gasteiger charge is -2.03. The summed E-state index contributed by atoms with van der Waals surface area (Å²) in [5.74, 6) is 0. The van der Waals surface area contributed by atoms with Crippen LogP contribution in [0.5, 0.6) is 0 Å². The van der Waals surface area contributed by atoms with E-state index >= 15 is 0 Å². The Bertz CT molecular complexity index is 462. The van der Waals surface area contributed by atoms with Gasteiger partial charge in [-0.15, -0.1) is 0 Å². The molecule has 0 aliphatic heterocycles. The zero-order chi connectivity index (χ0) is 11.4. The van der Waals surface area contributed by atoms with E-state index in [1.165, 1.54) is 15.4 Å². The summed E-state index contributed by atoms with van der Waals surface area (Å²) in [6.45, 7) is 2.17. The molecule has 0 unspecified atom stereocenters. The van der Waals surface area contributed by atoms with Crippen LogP contribution in [0.15, 0.2) is 58.3 Å². The minimum absolute atomic E-state index is 0.784. The van der Waals surface area contributed by atoms with E-state index in [-0.39, 0.29) is 0 Å². The molecule has 0 radical (unpaired) electrons. The number of halogens is 1. The summed E-state index contributed by atoms with van der Waals surface area (Å²) >= 11 is 7.62. The molecule has 0 aliphatic carbocycles. The van der Waals surface area contributed by atoms with Crippen molar-refractivity contribution in [3.63, 3.8) is 0 Å². The first-order valence-corrected chi connectivity index (χ1v) is 6.50. The third-order valence-electron chi connectivity index (χ3n) is 2.36. The lowest BCUT2D eigenvalue weighted by Crippen LogP contribution is -1.80. The first-order chi connectivity index (χ1) is 7.78. The fourth-order valence-electron chi connectivity index (χ4n) is 1.47. The largest absolute Gasteiger partial charge is 0.0901 e. The van der Waals surface area contributed by atoms with Gasteiger partial charge < -0.3 is 0 Å². The molecule has 0 amide bonds. The maximum absolute atomic E-state index is 5.85. The van der Waals surface area contributed by atoms with E-state index in [4.69, 9.17) is 11.6 Å². The molecule has 0 aromatic heterocycles. The summed E-state index contributed by atoms with van der Waals surface area (Å²) in [6.07, 6.45) is 1.08. The Hall–Kier alpha value is -0.920. The van der Waals surface area contributed by atoms with Gasteiger partial charge in [-0.2, -0.15) is 0 Å². The third kappa shape index (κ3) is 3.03. The van der Waals surface area contributed by atoms with Crippen molar-refractivity contribution in [2.45, 2.75) is 23.1 Å².